The number of rotatable bonds is 2. The zero-order chi connectivity index (χ0) is 12.7. The minimum absolute atomic E-state index is 0.215. The van der Waals surface area contributed by atoms with Gasteiger partial charge in [0.2, 0.25) is 20.0 Å². The Bertz CT molecular complexity index is 412. The van der Waals surface area contributed by atoms with Crippen molar-refractivity contribution in [1.29, 1.82) is 0 Å². The lowest BCUT2D eigenvalue weighted by molar-refractivity contribution is 0.165. The summed E-state index contributed by atoms with van der Waals surface area (Å²) in [6.07, 6.45) is 2.29. The van der Waals surface area contributed by atoms with Gasteiger partial charge in [-0.1, -0.05) is 0 Å². The van der Waals surface area contributed by atoms with Crippen molar-refractivity contribution in [1.82, 2.24) is 8.61 Å². The molecule has 1 heterocycles. The Morgan fingerprint density at radius 1 is 0.812 bits per heavy atom. The molecule has 1 saturated heterocycles. The van der Waals surface area contributed by atoms with Gasteiger partial charge in [-0.2, -0.15) is 8.61 Å². The molecule has 0 saturated carbocycles. The fourth-order valence-corrected chi connectivity index (χ4v) is 4.40. The molecule has 0 N–H and O–H groups in total. The highest BCUT2D eigenvalue weighted by Crippen LogP contribution is 2.19. The molecule has 8 heteroatoms. The predicted octanol–water partition coefficient (Wildman–Crippen LogP) is -0.700. The van der Waals surface area contributed by atoms with Gasteiger partial charge in [0, 0.05) is 25.2 Å². The number of nitrogens with zero attached hydrogens (tertiary/aromatic N) is 2. The summed E-state index contributed by atoms with van der Waals surface area (Å²) in [4.78, 5) is 0. The molecular formula is C8H18N2O4S2. The van der Waals surface area contributed by atoms with E-state index in [-0.39, 0.29) is 25.2 Å². The standard InChI is InChI=1S/C8H18N2O4S2/c1-7-5-10(16(4,13)14)8(2)6-9(7)15(3,11)12/h7-8H,5-6H2,1-4H3/t7-,8-/m1/s1. The van der Waals surface area contributed by atoms with Gasteiger partial charge >= 0.3 is 0 Å². The lowest BCUT2D eigenvalue weighted by Gasteiger charge is -2.41. The van der Waals surface area contributed by atoms with Crippen molar-refractivity contribution in [3.8, 4) is 0 Å². The summed E-state index contributed by atoms with van der Waals surface area (Å²) in [5, 5.41) is 0. The van der Waals surface area contributed by atoms with E-state index in [1.54, 1.807) is 13.8 Å². The third kappa shape index (κ3) is 2.93. The van der Waals surface area contributed by atoms with Crippen LogP contribution < -0.4 is 0 Å². The van der Waals surface area contributed by atoms with Crippen molar-refractivity contribution < 1.29 is 16.8 Å². The van der Waals surface area contributed by atoms with Crippen molar-refractivity contribution in [2.75, 3.05) is 25.6 Å². The first-order valence-electron chi connectivity index (χ1n) is 4.97. The van der Waals surface area contributed by atoms with Crippen molar-refractivity contribution in [2.45, 2.75) is 25.9 Å². The quantitative estimate of drug-likeness (QED) is 0.665. The number of hydrogen-bond donors (Lipinski definition) is 0. The molecule has 1 rings (SSSR count). The van der Waals surface area contributed by atoms with Crippen LogP contribution in [0.5, 0.6) is 0 Å². The highest BCUT2D eigenvalue weighted by atomic mass is 32.2. The third-order valence-electron chi connectivity index (χ3n) is 2.72. The SMILES string of the molecule is C[C@@H]1CN(S(C)(=O)=O)[C@H](C)CN1S(C)(=O)=O. The van der Waals surface area contributed by atoms with Gasteiger partial charge in [0.25, 0.3) is 0 Å². The van der Waals surface area contributed by atoms with E-state index < -0.39 is 20.0 Å². The van der Waals surface area contributed by atoms with Gasteiger partial charge in [-0.3, -0.25) is 0 Å². The lowest BCUT2D eigenvalue weighted by atomic mass is 10.2. The Hall–Kier alpha value is -0.180. The van der Waals surface area contributed by atoms with Gasteiger partial charge < -0.3 is 0 Å². The van der Waals surface area contributed by atoms with Crippen LogP contribution in [0.1, 0.15) is 13.8 Å². The fraction of sp³-hybridized carbons (Fsp3) is 1.00. The highest BCUT2D eigenvalue weighted by Gasteiger charge is 2.37. The van der Waals surface area contributed by atoms with Gasteiger partial charge in [-0.15, -0.1) is 0 Å². The summed E-state index contributed by atoms with van der Waals surface area (Å²) < 4.78 is 48.5. The molecule has 6 nitrogen and oxygen atoms in total. The predicted molar refractivity (Wildman–Crippen MR) is 62.0 cm³/mol. The largest absolute Gasteiger partial charge is 0.212 e. The average molecular weight is 270 g/mol. The molecule has 96 valence electrons. The summed E-state index contributed by atoms with van der Waals surface area (Å²) in [5.41, 5.74) is 0. The molecule has 0 bridgehead atoms. The summed E-state index contributed by atoms with van der Waals surface area (Å²) in [7, 11) is -6.53. The minimum atomic E-state index is -3.27. The Morgan fingerprint density at radius 3 is 1.25 bits per heavy atom. The molecule has 1 aliphatic rings. The van der Waals surface area contributed by atoms with Crippen LogP contribution in [-0.4, -0.2) is 63.1 Å². The van der Waals surface area contributed by atoms with E-state index in [2.05, 4.69) is 0 Å². The first-order valence-corrected chi connectivity index (χ1v) is 8.66. The first-order chi connectivity index (χ1) is 7.03. The van der Waals surface area contributed by atoms with E-state index in [1.807, 2.05) is 0 Å². The van der Waals surface area contributed by atoms with Gasteiger partial charge in [0.05, 0.1) is 12.5 Å². The van der Waals surface area contributed by atoms with Crippen LogP contribution in [0.4, 0.5) is 0 Å². The van der Waals surface area contributed by atoms with Crippen LogP contribution in [0.15, 0.2) is 0 Å². The van der Waals surface area contributed by atoms with Gasteiger partial charge in [0.1, 0.15) is 0 Å². The van der Waals surface area contributed by atoms with Crippen LogP contribution in [-0.2, 0) is 20.0 Å². The summed E-state index contributed by atoms with van der Waals surface area (Å²) in [6, 6.07) is -0.637. The van der Waals surface area contributed by atoms with E-state index in [9.17, 15) is 16.8 Å². The average Bonchev–Trinajstić information content (AvgIpc) is 2.04. The second kappa shape index (κ2) is 4.25. The molecule has 0 spiro atoms. The van der Waals surface area contributed by atoms with Crippen LogP contribution >= 0.6 is 0 Å². The van der Waals surface area contributed by atoms with Crippen molar-refractivity contribution in [2.24, 2.45) is 0 Å². The molecule has 16 heavy (non-hydrogen) atoms. The molecule has 1 aliphatic heterocycles. The zero-order valence-corrected chi connectivity index (χ0v) is 11.5. The maximum absolute atomic E-state index is 11.5. The first kappa shape index (κ1) is 13.9. The van der Waals surface area contributed by atoms with E-state index >= 15 is 0 Å². The zero-order valence-electron chi connectivity index (χ0n) is 9.91. The van der Waals surface area contributed by atoms with E-state index in [0.717, 1.165) is 12.5 Å². The summed E-state index contributed by atoms with van der Waals surface area (Å²) >= 11 is 0. The maximum Gasteiger partial charge on any atom is 0.211 e. The highest BCUT2D eigenvalue weighted by molar-refractivity contribution is 7.88. The molecule has 0 unspecified atom stereocenters. The lowest BCUT2D eigenvalue weighted by Crippen LogP contribution is -2.58. The van der Waals surface area contributed by atoms with Crippen molar-refractivity contribution in [3.05, 3.63) is 0 Å². The molecule has 0 aromatic heterocycles. The van der Waals surface area contributed by atoms with Gasteiger partial charge in [-0.25, -0.2) is 16.8 Å². The minimum Gasteiger partial charge on any atom is -0.212 e. The smallest absolute Gasteiger partial charge is 0.211 e. The van der Waals surface area contributed by atoms with Crippen LogP contribution in [0, 0.1) is 0 Å². The number of sulfonamides is 2. The van der Waals surface area contributed by atoms with Crippen molar-refractivity contribution >= 4 is 20.0 Å². The Labute approximate surface area is 97.3 Å². The molecule has 0 amide bonds. The topological polar surface area (TPSA) is 74.8 Å². The monoisotopic (exact) mass is 270 g/mol. The Balaban J connectivity index is 2.96. The fourth-order valence-electron chi connectivity index (χ4n) is 1.99. The van der Waals surface area contributed by atoms with Crippen LogP contribution in [0.2, 0.25) is 0 Å². The second-order valence-corrected chi connectivity index (χ2v) is 8.23. The Kier molecular flexibility index (Phi) is 3.68. The molecule has 0 radical (unpaired) electrons. The van der Waals surface area contributed by atoms with Crippen molar-refractivity contribution in [3.63, 3.8) is 0 Å². The number of piperazine rings is 1. The van der Waals surface area contributed by atoms with Crippen LogP contribution in [0.3, 0.4) is 0 Å². The molecule has 2 atom stereocenters. The normalized spacial score (nSPS) is 30.5. The second-order valence-electron chi connectivity index (χ2n) is 4.36. The number of hydrogen-bond acceptors (Lipinski definition) is 4. The summed E-state index contributed by atoms with van der Waals surface area (Å²) in [5.74, 6) is 0. The molecule has 0 aromatic carbocycles. The summed E-state index contributed by atoms with van der Waals surface area (Å²) in [6.45, 7) is 3.86. The van der Waals surface area contributed by atoms with E-state index in [4.69, 9.17) is 0 Å². The van der Waals surface area contributed by atoms with Gasteiger partial charge in [-0.05, 0) is 13.8 Å². The Morgan fingerprint density at radius 2 is 1.06 bits per heavy atom. The molecule has 1 fully saturated rings. The maximum atomic E-state index is 11.5. The third-order valence-corrected chi connectivity index (χ3v) is 5.45. The van der Waals surface area contributed by atoms with Gasteiger partial charge in [0.15, 0.2) is 0 Å². The molecule has 0 aliphatic carbocycles. The molecular weight excluding hydrogens is 252 g/mol. The van der Waals surface area contributed by atoms with E-state index in [0.29, 0.717) is 0 Å². The molecule has 0 aromatic rings. The van der Waals surface area contributed by atoms with E-state index in [1.165, 1.54) is 8.61 Å². The van der Waals surface area contributed by atoms with Crippen LogP contribution in [0.25, 0.3) is 0 Å².